The van der Waals surface area contributed by atoms with Crippen molar-refractivity contribution in [3.8, 4) is 0 Å². The summed E-state index contributed by atoms with van der Waals surface area (Å²) in [5.41, 5.74) is 0. The first-order valence-electron chi connectivity index (χ1n) is 8.83. The van der Waals surface area contributed by atoms with Gasteiger partial charge < -0.3 is 5.32 Å². The van der Waals surface area contributed by atoms with Crippen LogP contribution in [0.2, 0.25) is 0 Å². The molecule has 4 aliphatic carbocycles. The average molecular weight is 302 g/mol. The number of nitrogens with one attached hydrogen (secondary N) is 2. The van der Waals surface area contributed by atoms with E-state index >= 15 is 0 Å². The third-order valence-corrected chi connectivity index (χ3v) is 6.18. The average Bonchev–Trinajstić information content (AvgIpc) is 2.90. The molecular formula is C17H26N4O. The van der Waals surface area contributed by atoms with Crippen molar-refractivity contribution in [1.29, 1.82) is 0 Å². The van der Waals surface area contributed by atoms with E-state index in [1.54, 1.807) is 0 Å². The Morgan fingerprint density at radius 2 is 1.86 bits per heavy atom. The van der Waals surface area contributed by atoms with E-state index in [2.05, 4.69) is 27.4 Å². The molecule has 1 aromatic rings. The quantitative estimate of drug-likeness (QED) is 0.898. The van der Waals surface area contributed by atoms with E-state index in [4.69, 9.17) is 0 Å². The molecule has 5 rings (SSSR count). The molecule has 4 fully saturated rings. The number of hydrogen-bond donors (Lipinski definition) is 2. The summed E-state index contributed by atoms with van der Waals surface area (Å²) >= 11 is 0. The standard InChI is InChI=1S/C17H26N4O/c1-3-14(16-18-9(2)20-21-16)19-17(22)15-12-5-10-4-11(7-12)8-13(15)6-10/h10-15H,3-8H2,1-2H3,(H,19,22)(H,18,20,21). The molecule has 0 aliphatic heterocycles. The third kappa shape index (κ3) is 2.34. The smallest absolute Gasteiger partial charge is 0.224 e. The molecule has 2 N–H and O–H groups in total. The lowest BCUT2D eigenvalue weighted by molar-refractivity contribution is -0.139. The molecule has 5 nitrogen and oxygen atoms in total. The Morgan fingerprint density at radius 1 is 1.23 bits per heavy atom. The fourth-order valence-electron chi connectivity index (χ4n) is 5.49. The Bertz CT molecular complexity index is 539. The number of aromatic nitrogens is 3. The molecule has 1 atom stereocenters. The van der Waals surface area contributed by atoms with Gasteiger partial charge in [-0.05, 0) is 69.1 Å². The number of aromatic amines is 1. The number of H-pyrrole nitrogens is 1. The van der Waals surface area contributed by atoms with Crippen LogP contribution in [0.3, 0.4) is 0 Å². The van der Waals surface area contributed by atoms with E-state index in [0.29, 0.717) is 11.8 Å². The summed E-state index contributed by atoms with van der Waals surface area (Å²) in [6, 6.07) is -0.0605. The molecule has 1 heterocycles. The van der Waals surface area contributed by atoms with Crippen LogP contribution in [-0.2, 0) is 4.79 Å². The zero-order chi connectivity index (χ0) is 15.3. The minimum atomic E-state index is -0.0605. The maximum absolute atomic E-state index is 12.9. The number of nitrogens with zero attached hydrogens (tertiary/aromatic N) is 2. The van der Waals surface area contributed by atoms with Gasteiger partial charge in [0, 0.05) is 5.92 Å². The lowest BCUT2D eigenvalue weighted by Crippen LogP contribution is -2.51. The second-order valence-corrected chi connectivity index (χ2v) is 7.70. The van der Waals surface area contributed by atoms with Crippen molar-refractivity contribution in [2.24, 2.45) is 29.6 Å². The molecule has 0 spiro atoms. The van der Waals surface area contributed by atoms with Gasteiger partial charge >= 0.3 is 0 Å². The fourth-order valence-corrected chi connectivity index (χ4v) is 5.49. The molecule has 4 saturated carbocycles. The van der Waals surface area contributed by atoms with Crippen molar-refractivity contribution < 1.29 is 4.79 Å². The lowest BCUT2D eigenvalue weighted by Gasteiger charge is -2.53. The molecule has 22 heavy (non-hydrogen) atoms. The highest BCUT2D eigenvalue weighted by atomic mass is 16.2. The van der Waals surface area contributed by atoms with Gasteiger partial charge in [0.05, 0.1) is 6.04 Å². The monoisotopic (exact) mass is 302 g/mol. The molecule has 1 amide bonds. The minimum Gasteiger partial charge on any atom is -0.346 e. The first kappa shape index (κ1) is 14.2. The van der Waals surface area contributed by atoms with Crippen LogP contribution in [0.5, 0.6) is 0 Å². The Labute approximate surface area is 131 Å². The number of carbonyl (C=O) groups is 1. The number of hydrogen-bond acceptors (Lipinski definition) is 3. The van der Waals surface area contributed by atoms with Crippen LogP contribution in [-0.4, -0.2) is 21.1 Å². The van der Waals surface area contributed by atoms with Gasteiger partial charge in [0.1, 0.15) is 5.82 Å². The number of rotatable bonds is 4. The van der Waals surface area contributed by atoms with Gasteiger partial charge in [-0.25, -0.2) is 4.98 Å². The topological polar surface area (TPSA) is 70.7 Å². The molecule has 0 radical (unpaired) electrons. The van der Waals surface area contributed by atoms with Gasteiger partial charge in [-0.3, -0.25) is 9.89 Å². The first-order valence-corrected chi connectivity index (χ1v) is 8.83. The second kappa shape index (κ2) is 5.36. The minimum absolute atomic E-state index is 0.0605. The van der Waals surface area contributed by atoms with Crippen molar-refractivity contribution in [3.05, 3.63) is 11.6 Å². The molecule has 1 aromatic heterocycles. The summed E-state index contributed by atoms with van der Waals surface area (Å²) in [6.45, 7) is 3.97. The van der Waals surface area contributed by atoms with Gasteiger partial charge in [0.25, 0.3) is 0 Å². The number of aryl methyl sites for hydroxylation is 1. The highest BCUT2D eigenvalue weighted by Crippen LogP contribution is 2.56. The van der Waals surface area contributed by atoms with Crippen molar-refractivity contribution >= 4 is 5.91 Å². The van der Waals surface area contributed by atoms with E-state index in [-0.39, 0.29) is 17.9 Å². The van der Waals surface area contributed by atoms with Crippen LogP contribution >= 0.6 is 0 Å². The van der Waals surface area contributed by atoms with E-state index in [0.717, 1.165) is 29.9 Å². The Kier molecular flexibility index (Phi) is 3.46. The molecule has 0 aromatic carbocycles. The Morgan fingerprint density at radius 3 is 2.36 bits per heavy atom. The molecule has 120 valence electrons. The summed E-state index contributed by atoms with van der Waals surface area (Å²) in [6.07, 6.45) is 7.37. The Hall–Kier alpha value is -1.39. The van der Waals surface area contributed by atoms with E-state index in [1.165, 1.54) is 32.1 Å². The number of amides is 1. The fraction of sp³-hybridized carbons (Fsp3) is 0.824. The summed E-state index contributed by atoms with van der Waals surface area (Å²) in [5.74, 6) is 5.08. The zero-order valence-electron chi connectivity index (χ0n) is 13.5. The zero-order valence-corrected chi connectivity index (χ0v) is 13.5. The summed E-state index contributed by atoms with van der Waals surface area (Å²) in [4.78, 5) is 17.3. The lowest BCUT2D eigenvalue weighted by atomic mass is 9.51. The summed E-state index contributed by atoms with van der Waals surface area (Å²) < 4.78 is 0. The first-order chi connectivity index (χ1) is 10.6. The summed E-state index contributed by atoms with van der Waals surface area (Å²) in [5, 5.41) is 10.3. The largest absolute Gasteiger partial charge is 0.346 e. The van der Waals surface area contributed by atoms with Crippen molar-refractivity contribution in [3.63, 3.8) is 0 Å². The second-order valence-electron chi connectivity index (χ2n) is 7.70. The van der Waals surface area contributed by atoms with Crippen molar-refractivity contribution in [2.75, 3.05) is 0 Å². The SMILES string of the molecule is CCC(NC(=O)C1C2CC3CC(C2)CC1C3)c1n[nH]c(C)n1. The van der Waals surface area contributed by atoms with Gasteiger partial charge in [-0.1, -0.05) is 6.92 Å². The Balaban J connectivity index is 1.47. The van der Waals surface area contributed by atoms with Crippen LogP contribution < -0.4 is 5.32 Å². The summed E-state index contributed by atoms with van der Waals surface area (Å²) in [7, 11) is 0. The van der Waals surface area contributed by atoms with Gasteiger partial charge in [-0.2, -0.15) is 5.10 Å². The molecule has 5 heteroatoms. The van der Waals surface area contributed by atoms with Crippen LogP contribution in [0.15, 0.2) is 0 Å². The molecular weight excluding hydrogens is 276 g/mol. The van der Waals surface area contributed by atoms with Crippen LogP contribution in [0.25, 0.3) is 0 Å². The van der Waals surface area contributed by atoms with Crippen LogP contribution in [0, 0.1) is 36.5 Å². The maximum atomic E-state index is 12.9. The van der Waals surface area contributed by atoms with E-state index in [9.17, 15) is 4.79 Å². The van der Waals surface area contributed by atoms with Crippen LogP contribution in [0.1, 0.15) is 63.1 Å². The van der Waals surface area contributed by atoms with Gasteiger partial charge in [0.2, 0.25) is 5.91 Å². The molecule has 4 bridgehead atoms. The number of carbonyl (C=O) groups excluding carboxylic acids is 1. The highest BCUT2D eigenvalue weighted by molar-refractivity contribution is 5.80. The molecule has 0 saturated heterocycles. The molecule has 4 aliphatic rings. The van der Waals surface area contributed by atoms with Gasteiger partial charge in [0.15, 0.2) is 5.82 Å². The van der Waals surface area contributed by atoms with Crippen molar-refractivity contribution in [2.45, 2.75) is 58.4 Å². The van der Waals surface area contributed by atoms with Crippen molar-refractivity contribution in [1.82, 2.24) is 20.5 Å². The molecule has 1 unspecified atom stereocenters. The predicted molar refractivity (Wildman–Crippen MR) is 82.8 cm³/mol. The highest BCUT2D eigenvalue weighted by Gasteiger charge is 2.50. The van der Waals surface area contributed by atoms with Crippen LogP contribution in [0.4, 0.5) is 0 Å². The van der Waals surface area contributed by atoms with E-state index < -0.39 is 0 Å². The van der Waals surface area contributed by atoms with Gasteiger partial charge in [-0.15, -0.1) is 0 Å². The predicted octanol–water partition coefficient (Wildman–Crippen LogP) is 2.75. The maximum Gasteiger partial charge on any atom is 0.224 e. The van der Waals surface area contributed by atoms with E-state index in [1.807, 2.05) is 6.92 Å². The normalized spacial score (nSPS) is 37.3. The third-order valence-electron chi connectivity index (χ3n) is 6.18.